The molecule has 92 valence electrons. The van der Waals surface area contributed by atoms with Crippen molar-refractivity contribution in [3.63, 3.8) is 0 Å². The standard InChI is InChI=1S/C11H15N3O3/c1-7-8(9(15)16)5-12-10(13-7)14-11(2)3-4-17-6-11/h5H,3-4,6H2,1-2H3,(H,15,16)(H,12,13,14). The Labute approximate surface area is 99.0 Å². The minimum atomic E-state index is -1.01. The highest BCUT2D eigenvalue weighted by Gasteiger charge is 2.30. The summed E-state index contributed by atoms with van der Waals surface area (Å²) in [6.07, 6.45) is 2.21. The van der Waals surface area contributed by atoms with Crippen LogP contribution in [0.2, 0.25) is 0 Å². The lowest BCUT2D eigenvalue weighted by Crippen LogP contribution is -2.35. The SMILES string of the molecule is Cc1nc(NC2(C)CCOC2)ncc1C(=O)O. The van der Waals surface area contributed by atoms with Crippen molar-refractivity contribution in [3.8, 4) is 0 Å². The Morgan fingerprint density at radius 2 is 2.41 bits per heavy atom. The molecule has 0 bridgehead atoms. The molecule has 1 unspecified atom stereocenters. The van der Waals surface area contributed by atoms with Gasteiger partial charge in [0.2, 0.25) is 5.95 Å². The van der Waals surface area contributed by atoms with E-state index in [0.717, 1.165) is 13.0 Å². The van der Waals surface area contributed by atoms with Crippen molar-refractivity contribution in [2.24, 2.45) is 0 Å². The summed E-state index contributed by atoms with van der Waals surface area (Å²) in [6.45, 7) is 5.01. The van der Waals surface area contributed by atoms with Gasteiger partial charge in [0.1, 0.15) is 0 Å². The van der Waals surface area contributed by atoms with Gasteiger partial charge >= 0.3 is 5.97 Å². The molecule has 1 aromatic heterocycles. The van der Waals surface area contributed by atoms with Gasteiger partial charge in [0.05, 0.1) is 23.4 Å². The number of rotatable bonds is 3. The van der Waals surface area contributed by atoms with E-state index in [1.54, 1.807) is 6.92 Å². The third-order valence-electron chi connectivity index (χ3n) is 2.84. The second-order valence-electron chi connectivity index (χ2n) is 4.49. The monoisotopic (exact) mass is 237 g/mol. The lowest BCUT2D eigenvalue weighted by atomic mass is 10.0. The first-order valence-corrected chi connectivity index (χ1v) is 5.43. The molecule has 2 rings (SSSR count). The fourth-order valence-corrected chi connectivity index (χ4v) is 1.77. The predicted octanol–water partition coefficient (Wildman–Crippen LogP) is 1.07. The minimum absolute atomic E-state index is 0.128. The predicted molar refractivity (Wildman–Crippen MR) is 61.2 cm³/mol. The Morgan fingerprint density at radius 3 is 2.94 bits per heavy atom. The average Bonchev–Trinajstić information content (AvgIpc) is 2.64. The van der Waals surface area contributed by atoms with Crippen LogP contribution in [-0.2, 0) is 4.74 Å². The van der Waals surface area contributed by atoms with Crippen LogP contribution in [0, 0.1) is 6.92 Å². The van der Waals surface area contributed by atoms with Crippen molar-refractivity contribution in [1.29, 1.82) is 0 Å². The van der Waals surface area contributed by atoms with Crippen LogP contribution in [0.3, 0.4) is 0 Å². The van der Waals surface area contributed by atoms with Gasteiger partial charge in [-0.3, -0.25) is 0 Å². The van der Waals surface area contributed by atoms with E-state index >= 15 is 0 Å². The first-order valence-electron chi connectivity index (χ1n) is 5.43. The molecule has 0 amide bonds. The highest BCUT2D eigenvalue weighted by molar-refractivity contribution is 5.88. The Morgan fingerprint density at radius 1 is 1.65 bits per heavy atom. The Kier molecular flexibility index (Phi) is 2.97. The maximum Gasteiger partial charge on any atom is 0.339 e. The van der Waals surface area contributed by atoms with Crippen molar-refractivity contribution in [1.82, 2.24) is 9.97 Å². The molecule has 2 heterocycles. The molecule has 1 aromatic rings. The summed E-state index contributed by atoms with van der Waals surface area (Å²) in [6, 6.07) is 0. The van der Waals surface area contributed by atoms with Crippen LogP contribution in [0.1, 0.15) is 29.4 Å². The van der Waals surface area contributed by atoms with Crippen molar-refractivity contribution in [2.45, 2.75) is 25.8 Å². The molecule has 6 heteroatoms. The molecule has 17 heavy (non-hydrogen) atoms. The quantitative estimate of drug-likeness (QED) is 0.818. The number of carboxylic acid groups (broad SMARTS) is 1. The van der Waals surface area contributed by atoms with Gasteiger partial charge in [-0.2, -0.15) is 0 Å². The number of anilines is 1. The van der Waals surface area contributed by atoms with E-state index in [9.17, 15) is 4.79 Å². The number of nitrogens with one attached hydrogen (secondary N) is 1. The summed E-state index contributed by atoms with van der Waals surface area (Å²) in [5, 5.41) is 12.1. The molecule has 2 N–H and O–H groups in total. The van der Waals surface area contributed by atoms with Gasteiger partial charge in [0.25, 0.3) is 0 Å². The van der Waals surface area contributed by atoms with Crippen LogP contribution in [-0.4, -0.2) is 39.8 Å². The molecule has 1 aliphatic rings. The fraction of sp³-hybridized carbons (Fsp3) is 0.545. The van der Waals surface area contributed by atoms with Gasteiger partial charge in [-0.1, -0.05) is 0 Å². The highest BCUT2D eigenvalue weighted by Crippen LogP contribution is 2.22. The Bertz CT molecular complexity index is 442. The van der Waals surface area contributed by atoms with Crippen LogP contribution >= 0.6 is 0 Å². The summed E-state index contributed by atoms with van der Waals surface area (Å²) < 4.78 is 5.31. The fourth-order valence-electron chi connectivity index (χ4n) is 1.77. The zero-order chi connectivity index (χ0) is 12.5. The number of carboxylic acids is 1. The molecular weight excluding hydrogens is 222 g/mol. The molecule has 1 fully saturated rings. The number of hydrogen-bond acceptors (Lipinski definition) is 5. The van der Waals surface area contributed by atoms with Crippen LogP contribution in [0.25, 0.3) is 0 Å². The normalized spacial score (nSPS) is 23.6. The smallest absolute Gasteiger partial charge is 0.339 e. The van der Waals surface area contributed by atoms with Crippen molar-refractivity contribution in [2.75, 3.05) is 18.5 Å². The molecule has 0 radical (unpaired) electrons. The Balaban J connectivity index is 2.17. The zero-order valence-electron chi connectivity index (χ0n) is 9.86. The molecule has 1 saturated heterocycles. The molecule has 0 aliphatic carbocycles. The first kappa shape index (κ1) is 11.8. The maximum atomic E-state index is 10.8. The number of nitrogens with zero attached hydrogens (tertiary/aromatic N) is 2. The molecule has 6 nitrogen and oxygen atoms in total. The zero-order valence-corrected chi connectivity index (χ0v) is 9.86. The van der Waals surface area contributed by atoms with Crippen molar-refractivity contribution >= 4 is 11.9 Å². The van der Waals surface area contributed by atoms with E-state index in [1.165, 1.54) is 6.20 Å². The Hall–Kier alpha value is -1.69. The third-order valence-corrected chi connectivity index (χ3v) is 2.84. The largest absolute Gasteiger partial charge is 0.478 e. The summed E-state index contributed by atoms with van der Waals surface area (Å²) in [5.41, 5.74) is 0.415. The lowest BCUT2D eigenvalue weighted by Gasteiger charge is -2.23. The van der Waals surface area contributed by atoms with Gasteiger partial charge in [0.15, 0.2) is 0 Å². The second kappa shape index (κ2) is 4.29. The number of ether oxygens (including phenoxy) is 1. The van der Waals surface area contributed by atoms with E-state index in [-0.39, 0.29) is 11.1 Å². The molecule has 1 aliphatic heterocycles. The van der Waals surface area contributed by atoms with E-state index in [4.69, 9.17) is 9.84 Å². The van der Waals surface area contributed by atoms with Gasteiger partial charge in [0, 0.05) is 12.8 Å². The molecule has 0 saturated carbocycles. The average molecular weight is 237 g/mol. The topological polar surface area (TPSA) is 84.3 Å². The lowest BCUT2D eigenvalue weighted by molar-refractivity contribution is 0.0695. The maximum absolute atomic E-state index is 10.8. The van der Waals surface area contributed by atoms with Crippen LogP contribution in [0.4, 0.5) is 5.95 Å². The van der Waals surface area contributed by atoms with Crippen LogP contribution in [0.15, 0.2) is 6.20 Å². The van der Waals surface area contributed by atoms with Gasteiger partial charge in [-0.05, 0) is 20.3 Å². The number of hydrogen-bond donors (Lipinski definition) is 2. The first-order chi connectivity index (χ1) is 8.00. The van der Waals surface area contributed by atoms with Gasteiger partial charge < -0.3 is 15.2 Å². The molecular formula is C11H15N3O3. The minimum Gasteiger partial charge on any atom is -0.478 e. The molecule has 0 spiro atoms. The molecule has 1 atom stereocenters. The van der Waals surface area contributed by atoms with Crippen LogP contribution in [0.5, 0.6) is 0 Å². The van der Waals surface area contributed by atoms with Crippen LogP contribution < -0.4 is 5.32 Å². The molecule has 0 aromatic carbocycles. The third kappa shape index (κ3) is 2.52. The van der Waals surface area contributed by atoms with E-state index < -0.39 is 5.97 Å². The number of aromatic carboxylic acids is 1. The summed E-state index contributed by atoms with van der Waals surface area (Å²) in [4.78, 5) is 19.0. The van der Waals surface area contributed by atoms with E-state index in [1.807, 2.05) is 6.92 Å². The summed E-state index contributed by atoms with van der Waals surface area (Å²) in [5.74, 6) is -0.565. The van der Waals surface area contributed by atoms with E-state index in [2.05, 4.69) is 15.3 Å². The number of aryl methyl sites for hydroxylation is 1. The van der Waals surface area contributed by atoms with Crippen molar-refractivity contribution in [3.05, 3.63) is 17.5 Å². The van der Waals surface area contributed by atoms with Gasteiger partial charge in [-0.15, -0.1) is 0 Å². The van der Waals surface area contributed by atoms with E-state index in [0.29, 0.717) is 18.2 Å². The summed E-state index contributed by atoms with van der Waals surface area (Å²) in [7, 11) is 0. The highest BCUT2D eigenvalue weighted by atomic mass is 16.5. The second-order valence-corrected chi connectivity index (χ2v) is 4.49. The number of carbonyl (C=O) groups is 1. The van der Waals surface area contributed by atoms with Crippen molar-refractivity contribution < 1.29 is 14.6 Å². The summed E-state index contributed by atoms with van der Waals surface area (Å²) >= 11 is 0. The van der Waals surface area contributed by atoms with Gasteiger partial charge in [-0.25, -0.2) is 14.8 Å². The number of aromatic nitrogens is 2.